The van der Waals surface area contributed by atoms with Crippen LogP contribution in [0.4, 0.5) is 0 Å². The number of carbonyl (C=O) groups is 1. The molecule has 1 heterocycles. The molecule has 2 aromatic rings. The zero-order valence-corrected chi connectivity index (χ0v) is 18.0. The van der Waals surface area contributed by atoms with Crippen LogP contribution in [-0.2, 0) is 16.4 Å². The first-order chi connectivity index (χ1) is 12.7. The number of nitrogens with zero attached hydrogens (tertiary/aromatic N) is 1. The van der Waals surface area contributed by atoms with Gasteiger partial charge in [0.2, 0.25) is 0 Å². The number of amides is 1. The van der Waals surface area contributed by atoms with Gasteiger partial charge >= 0.3 is 0 Å². The van der Waals surface area contributed by atoms with E-state index in [1.807, 2.05) is 24.3 Å². The average molecular weight is 450 g/mol. The number of sulfone groups is 1. The second-order valence-electron chi connectivity index (χ2n) is 7.39. The second-order valence-corrected chi connectivity index (χ2v) is 10.5. The van der Waals surface area contributed by atoms with E-state index in [0.717, 1.165) is 10.0 Å². The Labute approximate surface area is 169 Å². The fourth-order valence-electron chi connectivity index (χ4n) is 3.35. The molecule has 27 heavy (non-hydrogen) atoms. The molecule has 0 radical (unpaired) electrons. The maximum atomic E-state index is 13.1. The number of benzene rings is 2. The van der Waals surface area contributed by atoms with Gasteiger partial charge in [-0.05, 0) is 47.7 Å². The van der Waals surface area contributed by atoms with Crippen LogP contribution in [-0.4, -0.2) is 36.8 Å². The Hall–Kier alpha value is -1.66. The molecular formula is C21H24BrNO3S. The zero-order chi connectivity index (χ0) is 19.6. The minimum atomic E-state index is -3.07. The van der Waals surface area contributed by atoms with E-state index in [1.54, 1.807) is 17.0 Å². The number of hydrogen-bond donors (Lipinski definition) is 0. The lowest BCUT2D eigenvalue weighted by molar-refractivity contribution is 0.0681. The summed E-state index contributed by atoms with van der Waals surface area (Å²) in [5.41, 5.74) is 2.82. The van der Waals surface area contributed by atoms with Gasteiger partial charge in [0, 0.05) is 22.6 Å². The van der Waals surface area contributed by atoms with E-state index in [1.165, 1.54) is 5.56 Å². The highest BCUT2D eigenvalue weighted by molar-refractivity contribution is 9.10. The van der Waals surface area contributed by atoms with Crippen LogP contribution in [0.2, 0.25) is 0 Å². The molecule has 0 saturated carbocycles. The van der Waals surface area contributed by atoms with Gasteiger partial charge in [-0.2, -0.15) is 0 Å². The Morgan fingerprint density at radius 3 is 2.26 bits per heavy atom. The first-order valence-corrected chi connectivity index (χ1v) is 11.7. The van der Waals surface area contributed by atoms with E-state index >= 15 is 0 Å². The van der Waals surface area contributed by atoms with Gasteiger partial charge in [0.15, 0.2) is 9.84 Å². The van der Waals surface area contributed by atoms with Crippen molar-refractivity contribution >= 4 is 31.7 Å². The molecule has 1 amide bonds. The lowest BCUT2D eigenvalue weighted by Gasteiger charge is -2.29. The molecule has 0 aliphatic carbocycles. The summed E-state index contributed by atoms with van der Waals surface area (Å²) in [6, 6.07) is 15.1. The molecular weight excluding hydrogens is 426 g/mol. The van der Waals surface area contributed by atoms with Crippen LogP contribution in [0.5, 0.6) is 0 Å². The van der Waals surface area contributed by atoms with Crippen LogP contribution in [0.3, 0.4) is 0 Å². The van der Waals surface area contributed by atoms with Gasteiger partial charge in [-0.3, -0.25) is 4.79 Å². The van der Waals surface area contributed by atoms with E-state index in [0.29, 0.717) is 24.4 Å². The van der Waals surface area contributed by atoms with Gasteiger partial charge in [-0.15, -0.1) is 0 Å². The molecule has 0 bridgehead atoms. The molecule has 0 N–H and O–H groups in total. The Balaban J connectivity index is 1.87. The Kier molecular flexibility index (Phi) is 6.06. The van der Waals surface area contributed by atoms with Crippen molar-refractivity contribution in [1.82, 2.24) is 4.90 Å². The van der Waals surface area contributed by atoms with Crippen LogP contribution in [0.1, 0.15) is 47.7 Å². The fourth-order valence-corrected chi connectivity index (χ4v) is 5.35. The van der Waals surface area contributed by atoms with Crippen molar-refractivity contribution in [3.05, 3.63) is 69.7 Å². The third-order valence-electron chi connectivity index (χ3n) is 5.00. The van der Waals surface area contributed by atoms with Crippen LogP contribution in [0.25, 0.3) is 0 Å². The minimum Gasteiger partial charge on any atom is -0.330 e. The number of carbonyl (C=O) groups excluding carboxylic acids is 1. The first kappa shape index (κ1) is 20.1. The highest BCUT2D eigenvalue weighted by Gasteiger charge is 2.35. The van der Waals surface area contributed by atoms with E-state index in [4.69, 9.17) is 0 Å². The lowest BCUT2D eigenvalue weighted by atomic mass is 10.0. The highest BCUT2D eigenvalue weighted by atomic mass is 79.9. The summed E-state index contributed by atoms with van der Waals surface area (Å²) in [5.74, 6) is 0.505. The molecule has 1 atom stereocenters. The first-order valence-electron chi connectivity index (χ1n) is 9.11. The third-order valence-corrected chi connectivity index (χ3v) is 7.28. The molecule has 1 fully saturated rings. The molecule has 4 nitrogen and oxygen atoms in total. The monoisotopic (exact) mass is 449 g/mol. The van der Waals surface area contributed by atoms with Gasteiger partial charge in [-0.25, -0.2) is 8.42 Å². The van der Waals surface area contributed by atoms with Gasteiger partial charge < -0.3 is 4.90 Å². The van der Waals surface area contributed by atoms with Crippen LogP contribution in [0, 0.1) is 0 Å². The van der Waals surface area contributed by atoms with Gasteiger partial charge in [0.25, 0.3) is 5.91 Å². The summed E-state index contributed by atoms with van der Waals surface area (Å²) in [6.07, 6.45) is 0.495. The van der Waals surface area contributed by atoms with Crippen molar-refractivity contribution in [3.63, 3.8) is 0 Å². The standard InChI is InChI=1S/C21H24BrNO3S/c1-15(2)17-5-3-16(4-6-17)13-23(20-11-12-27(25,26)14-20)21(24)18-7-9-19(22)10-8-18/h3-10,15,20H,11-14H2,1-2H3/t20-/m0/s1. The normalized spacial score (nSPS) is 18.6. The van der Waals surface area contributed by atoms with E-state index in [-0.39, 0.29) is 23.5 Å². The topological polar surface area (TPSA) is 54.5 Å². The molecule has 6 heteroatoms. The van der Waals surface area contributed by atoms with Crippen molar-refractivity contribution in [2.45, 2.75) is 38.8 Å². The Morgan fingerprint density at radius 1 is 1.11 bits per heavy atom. The van der Waals surface area contributed by atoms with Crippen molar-refractivity contribution in [1.29, 1.82) is 0 Å². The highest BCUT2D eigenvalue weighted by Crippen LogP contribution is 2.24. The Morgan fingerprint density at radius 2 is 1.74 bits per heavy atom. The average Bonchev–Trinajstić information content (AvgIpc) is 2.99. The molecule has 1 aliphatic rings. The van der Waals surface area contributed by atoms with Gasteiger partial charge in [0.1, 0.15) is 0 Å². The molecule has 0 aromatic heterocycles. The van der Waals surface area contributed by atoms with E-state index < -0.39 is 9.84 Å². The molecule has 144 valence electrons. The predicted molar refractivity (Wildman–Crippen MR) is 112 cm³/mol. The summed E-state index contributed by atoms with van der Waals surface area (Å²) < 4.78 is 24.9. The molecule has 1 saturated heterocycles. The number of hydrogen-bond acceptors (Lipinski definition) is 3. The Bertz CT molecular complexity index is 905. The van der Waals surface area contributed by atoms with Crippen LogP contribution in [0.15, 0.2) is 53.0 Å². The third kappa shape index (κ3) is 4.99. The lowest BCUT2D eigenvalue weighted by Crippen LogP contribution is -2.40. The van der Waals surface area contributed by atoms with E-state index in [9.17, 15) is 13.2 Å². The van der Waals surface area contributed by atoms with Gasteiger partial charge in [-0.1, -0.05) is 54.0 Å². The summed E-state index contributed by atoms with van der Waals surface area (Å²) >= 11 is 3.38. The van der Waals surface area contributed by atoms with E-state index in [2.05, 4.69) is 41.9 Å². The molecule has 0 spiro atoms. The maximum absolute atomic E-state index is 13.1. The predicted octanol–water partition coefficient (Wildman–Crippen LogP) is 4.40. The molecule has 3 rings (SSSR count). The van der Waals surface area contributed by atoms with Crippen molar-refractivity contribution in [3.8, 4) is 0 Å². The zero-order valence-electron chi connectivity index (χ0n) is 15.6. The minimum absolute atomic E-state index is 0.0410. The second kappa shape index (κ2) is 8.15. The fraction of sp³-hybridized carbons (Fsp3) is 0.381. The number of halogens is 1. The van der Waals surface area contributed by atoms with Crippen LogP contribution < -0.4 is 0 Å². The molecule has 0 unspecified atom stereocenters. The smallest absolute Gasteiger partial charge is 0.254 e. The number of rotatable bonds is 5. The maximum Gasteiger partial charge on any atom is 0.254 e. The summed E-state index contributed by atoms with van der Waals surface area (Å²) in [7, 11) is -3.07. The molecule has 2 aromatic carbocycles. The largest absolute Gasteiger partial charge is 0.330 e. The van der Waals surface area contributed by atoms with Crippen molar-refractivity contribution < 1.29 is 13.2 Å². The van der Waals surface area contributed by atoms with Gasteiger partial charge in [0.05, 0.1) is 11.5 Å². The van der Waals surface area contributed by atoms with Crippen molar-refractivity contribution in [2.24, 2.45) is 0 Å². The SMILES string of the molecule is CC(C)c1ccc(CN(C(=O)c2ccc(Br)cc2)[C@H]2CCS(=O)(=O)C2)cc1. The van der Waals surface area contributed by atoms with Crippen LogP contribution >= 0.6 is 15.9 Å². The quantitative estimate of drug-likeness (QED) is 0.679. The summed E-state index contributed by atoms with van der Waals surface area (Å²) in [5, 5.41) is 0. The summed E-state index contributed by atoms with van der Waals surface area (Å²) in [4.78, 5) is 14.9. The summed E-state index contributed by atoms with van der Waals surface area (Å²) in [6.45, 7) is 4.69. The van der Waals surface area contributed by atoms with Crippen molar-refractivity contribution in [2.75, 3.05) is 11.5 Å². The molecule has 1 aliphatic heterocycles.